The van der Waals surface area contributed by atoms with Crippen LogP contribution in [0.5, 0.6) is 0 Å². The maximum absolute atomic E-state index is 10.7. The Kier molecular flexibility index (Phi) is 2.04. The van der Waals surface area contributed by atoms with E-state index < -0.39 is 0 Å². The normalized spacial score (nSPS) is 24.6. The molecule has 0 aromatic carbocycles. The Hall–Kier alpha value is -0.770. The summed E-state index contributed by atoms with van der Waals surface area (Å²) in [6.45, 7) is 3.66. The molecule has 1 N–H and O–H groups in total. The van der Waals surface area contributed by atoms with E-state index >= 15 is 0 Å². The molecular weight excluding hydrogens is 144 g/mol. The maximum Gasteiger partial charge on any atom is 0.412 e. The van der Waals surface area contributed by atoms with Gasteiger partial charge in [-0.3, -0.25) is 4.48 Å². The molecule has 0 spiro atoms. The topological polar surface area (TPSA) is 38.3 Å². The van der Waals surface area contributed by atoms with Crippen LogP contribution in [0.15, 0.2) is 0 Å². The summed E-state index contributed by atoms with van der Waals surface area (Å²) in [4.78, 5) is 10.7. The van der Waals surface area contributed by atoms with Crippen LogP contribution < -0.4 is 5.32 Å². The molecule has 1 aliphatic heterocycles. The van der Waals surface area contributed by atoms with Gasteiger partial charge < -0.3 is 10.1 Å². The highest BCUT2D eigenvalue weighted by Gasteiger charge is 2.35. The van der Waals surface area contributed by atoms with Crippen LogP contribution in [0.2, 0.25) is 0 Å². The molecule has 64 valence electrons. The minimum Gasteiger partial charge on any atom is -0.394 e. The van der Waals surface area contributed by atoms with Crippen LogP contribution in [0, 0.1) is 0 Å². The van der Waals surface area contributed by atoms with Crippen LogP contribution >= 0.6 is 0 Å². The summed E-state index contributed by atoms with van der Waals surface area (Å²) in [5, 5.41) is 2.63. The van der Waals surface area contributed by atoms with Crippen molar-refractivity contribution in [2.24, 2.45) is 0 Å². The van der Waals surface area contributed by atoms with Crippen LogP contribution in [0.3, 0.4) is 0 Å². The third-order valence-electron chi connectivity index (χ3n) is 2.26. The van der Waals surface area contributed by atoms with Gasteiger partial charge in [0.2, 0.25) is 0 Å². The first-order valence-corrected chi connectivity index (χ1v) is 3.83. The molecule has 0 bridgehead atoms. The second-order valence-corrected chi connectivity index (χ2v) is 3.34. The van der Waals surface area contributed by atoms with Crippen LogP contribution in [-0.4, -0.2) is 44.0 Å². The summed E-state index contributed by atoms with van der Waals surface area (Å²) in [6.07, 6.45) is -0.317. The van der Waals surface area contributed by atoms with Gasteiger partial charge in [-0.15, -0.1) is 0 Å². The quantitative estimate of drug-likeness (QED) is 0.582. The lowest BCUT2D eigenvalue weighted by Crippen LogP contribution is -2.50. The number of amides is 1. The van der Waals surface area contributed by atoms with E-state index in [0.717, 1.165) is 11.0 Å². The number of hydrogen-bond acceptors (Lipinski definition) is 2. The summed E-state index contributed by atoms with van der Waals surface area (Å²) in [5.41, 5.74) is 0. The molecule has 0 saturated carbocycles. The van der Waals surface area contributed by atoms with E-state index in [1.807, 2.05) is 14.1 Å². The van der Waals surface area contributed by atoms with Crippen LogP contribution in [0.1, 0.15) is 6.92 Å². The van der Waals surface area contributed by atoms with Crippen LogP contribution in [0.25, 0.3) is 0 Å². The molecule has 1 saturated heterocycles. The number of nitrogens with zero attached hydrogens (tertiary/aromatic N) is 1. The minimum absolute atomic E-state index is 0.0208. The number of likely N-dealkylation sites (N-methyl/N-ethyl adjacent to an activating group) is 1. The molecule has 1 aliphatic rings. The first-order chi connectivity index (χ1) is 5.06. The van der Waals surface area contributed by atoms with Gasteiger partial charge in [0.15, 0.2) is 0 Å². The van der Waals surface area contributed by atoms with Crippen molar-refractivity contribution in [3.05, 3.63) is 0 Å². The average molecular weight is 159 g/mol. The van der Waals surface area contributed by atoms with E-state index in [0.29, 0.717) is 6.54 Å². The molecule has 1 fully saturated rings. The number of ether oxygens (including phenoxy) is 1. The van der Waals surface area contributed by atoms with Gasteiger partial charge in [-0.1, -0.05) is 0 Å². The number of quaternary nitrogens is 1. The second-order valence-electron chi connectivity index (χ2n) is 3.34. The molecule has 1 heterocycles. The molecule has 11 heavy (non-hydrogen) atoms. The number of nitrogens with one attached hydrogen (secondary N) is 1. The number of rotatable bonds is 2. The van der Waals surface area contributed by atoms with E-state index in [4.69, 9.17) is 4.74 Å². The Morgan fingerprint density at radius 1 is 1.73 bits per heavy atom. The first-order valence-electron chi connectivity index (χ1n) is 3.83. The van der Waals surface area contributed by atoms with E-state index in [2.05, 4.69) is 12.2 Å². The highest BCUT2D eigenvalue weighted by molar-refractivity contribution is 5.69. The summed E-state index contributed by atoms with van der Waals surface area (Å²) >= 11 is 0. The van der Waals surface area contributed by atoms with E-state index in [1.165, 1.54) is 0 Å². The van der Waals surface area contributed by atoms with Crippen molar-refractivity contribution in [3.63, 3.8) is 0 Å². The van der Waals surface area contributed by atoms with Gasteiger partial charge in [0, 0.05) is 0 Å². The Balaban J connectivity index is 2.55. The predicted octanol–water partition coefficient (Wildman–Crippen LogP) is 0.149. The van der Waals surface area contributed by atoms with Gasteiger partial charge in [-0.25, -0.2) is 4.79 Å². The summed E-state index contributed by atoms with van der Waals surface area (Å²) in [7, 11) is 4.09. The maximum atomic E-state index is 10.7. The zero-order chi connectivity index (χ0) is 8.48. The van der Waals surface area contributed by atoms with Gasteiger partial charge in [0.05, 0.1) is 20.6 Å². The number of hydrogen-bond donors (Lipinski definition) is 1. The van der Waals surface area contributed by atoms with Crippen LogP contribution in [-0.2, 0) is 4.74 Å². The standard InChI is InChI=1S/C7H14N2O2/c1-4-9(2,3)6-5-8-7(10)11-6/h6H,4-5H2,1-3H3/p+1. The largest absolute Gasteiger partial charge is 0.412 e. The zero-order valence-electron chi connectivity index (χ0n) is 7.26. The SMILES string of the molecule is CC[N+](C)(C)C1CNC(=O)O1. The summed E-state index contributed by atoms with van der Waals surface area (Å²) in [5.74, 6) is 0. The highest BCUT2D eigenvalue weighted by atomic mass is 16.6. The molecule has 1 amide bonds. The van der Waals surface area contributed by atoms with Crippen molar-refractivity contribution in [1.82, 2.24) is 5.32 Å². The van der Waals surface area contributed by atoms with Gasteiger partial charge in [0.25, 0.3) is 6.23 Å². The van der Waals surface area contributed by atoms with Gasteiger partial charge >= 0.3 is 6.09 Å². The highest BCUT2D eigenvalue weighted by Crippen LogP contribution is 2.11. The molecule has 1 unspecified atom stereocenters. The third kappa shape index (κ3) is 1.63. The van der Waals surface area contributed by atoms with Gasteiger partial charge in [0.1, 0.15) is 6.54 Å². The number of cyclic esters (lactones) is 1. The van der Waals surface area contributed by atoms with Crippen molar-refractivity contribution in [3.8, 4) is 0 Å². The zero-order valence-corrected chi connectivity index (χ0v) is 7.26. The second kappa shape index (κ2) is 2.70. The molecule has 1 atom stereocenters. The Labute approximate surface area is 66.7 Å². The molecule has 0 aliphatic carbocycles. The lowest BCUT2D eigenvalue weighted by molar-refractivity contribution is -0.929. The van der Waals surface area contributed by atoms with Crippen molar-refractivity contribution < 1.29 is 14.0 Å². The van der Waals surface area contributed by atoms with Crippen molar-refractivity contribution in [2.45, 2.75) is 13.2 Å². The Bertz CT molecular complexity index is 168. The monoisotopic (exact) mass is 159 g/mol. The average Bonchev–Trinajstić information content (AvgIpc) is 2.36. The third-order valence-corrected chi connectivity index (χ3v) is 2.26. The first kappa shape index (κ1) is 8.33. The van der Waals surface area contributed by atoms with E-state index in [-0.39, 0.29) is 12.3 Å². The minimum atomic E-state index is -0.297. The number of alkyl carbamates (subject to hydrolysis) is 1. The Morgan fingerprint density at radius 3 is 2.73 bits per heavy atom. The Morgan fingerprint density at radius 2 is 2.36 bits per heavy atom. The fourth-order valence-electron chi connectivity index (χ4n) is 0.971. The molecule has 4 nitrogen and oxygen atoms in total. The van der Waals surface area contributed by atoms with Gasteiger partial charge in [-0.05, 0) is 6.92 Å². The van der Waals surface area contributed by atoms with Crippen molar-refractivity contribution >= 4 is 6.09 Å². The molecule has 0 aromatic heterocycles. The summed E-state index contributed by atoms with van der Waals surface area (Å²) in [6, 6.07) is 0. The fraction of sp³-hybridized carbons (Fsp3) is 0.857. The van der Waals surface area contributed by atoms with Gasteiger partial charge in [-0.2, -0.15) is 0 Å². The molecule has 0 radical (unpaired) electrons. The molecule has 4 heteroatoms. The van der Waals surface area contributed by atoms with E-state index in [9.17, 15) is 4.79 Å². The smallest absolute Gasteiger partial charge is 0.394 e. The summed E-state index contributed by atoms with van der Waals surface area (Å²) < 4.78 is 5.76. The number of carbonyl (C=O) groups excluding carboxylic acids is 1. The molecule has 1 rings (SSSR count). The van der Waals surface area contributed by atoms with Crippen molar-refractivity contribution in [2.75, 3.05) is 27.2 Å². The predicted molar refractivity (Wildman–Crippen MR) is 40.9 cm³/mol. The molecular formula is C7H15N2O2+. The fourth-order valence-corrected chi connectivity index (χ4v) is 0.971. The number of carbonyl (C=O) groups is 1. The molecule has 0 aromatic rings. The van der Waals surface area contributed by atoms with Crippen LogP contribution in [0.4, 0.5) is 4.79 Å². The lowest BCUT2D eigenvalue weighted by Gasteiger charge is -2.31. The lowest BCUT2D eigenvalue weighted by atomic mass is 10.4. The van der Waals surface area contributed by atoms with E-state index in [1.54, 1.807) is 0 Å². The van der Waals surface area contributed by atoms with Crippen molar-refractivity contribution in [1.29, 1.82) is 0 Å².